The Balaban J connectivity index is 2.43. The first kappa shape index (κ1) is 18.4. The summed E-state index contributed by atoms with van der Waals surface area (Å²) in [5.74, 6) is 0. The molecule has 0 aromatic rings. The van der Waals surface area contributed by atoms with Gasteiger partial charge in [-0.3, -0.25) is 0 Å². The van der Waals surface area contributed by atoms with Crippen molar-refractivity contribution >= 4 is 8.56 Å². The lowest BCUT2D eigenvalue weighted by Gasteiger charge is -2.35. The van der Waals surface area contributed by atoms with Crippen LogP contribution in [0.2, 0.25) is 0 Å². The van der Waals surface area contributed by atoms with E-state index in [1.807, 2.05) is 0 Å². The summed E-state index contributed by atoms with van der Waals surface area (Å²) in [6.07, 6.45) is 23.1. The Morgan fingerprint density at radius 3 is 1.70 bits per heavy atom. The molecule has 0 N–H and O–H groups in total. The standard InChI is InChI=1S/C20H32O2Si/c1-3-21-23(22-4-2,19-15-11-7-5-8-12-16-19)20-17-13-9-6-10-14-18-20/h7,9,11,13,15,17H,3-6,8,10,12,14,16,18H2,1-2H3/b11-7-,13-9-,19-15+,20-17+. The van der Waals surface area contributed by atoms with Crippen molar-refractivity contribution in [2.75, 3.05) is 13.2 Å². The molecule has 0 unspecified atom stereocenters. The normalized spacial score (nSPS) is 27.4. The molecule has 0 heterocycles. The first-order valence-electron chi connectivity index (χ1n) is 9.33. The van der Waals surface area contributed by atoms with E-state index in [-0.39, 0.29) is 0 Å². The molecule has 2 nitrogen and oxygen atoms in total. The van der Waals surface area contributed by atoms with E-state index in [4.69, 9.17) is 8.85 Å². The van der Waals surface area contributed by atoms with Crippen LogP contribution in [0.3, 0.4) is 0 Å². The van der Waals surface area contributed by atoms with Gasteiger partial charge in [0.2, 0.25) is 0 Å². The van der Waals surface area contributed by atoms with Crippen LogP contribution < -0.4 is 0 Å². The highest BCUT2D eigenvalue weighted by atomic mass is 28.4. The van der Waals surface area contributed by atoms with Gasteiger partial charge in [0.15, 0.2) is 0 Å². The molecule has 0 saturated carbocycles. The molecule has 0 spiro atoms. The average Bonchev–Trinajstić information content (AvgIpc) is 2.46. The minimum absolute atomic E-state index is 0.717. The van der Waals surface area contributed by atoms with Gasteiger partial charge in [0.25, 0.3) is 0 Å². The summed E-state index contributed by atoms with van der Waals surface area (Å²) < 4.78 is 12.9. The van der Waals surface area contributed by atoms with Crippen LogP contribution in [0.15, 0.2) is 46.8 Å². The number of hydrogen-bond donors (Lipinski definition) is 0. The monoisotopic (exact) mass is 332 g/mol. The van der Waals surface area contributed by atoms with Crippen LogP contribution in [0, 0.1) is 0 Å². The maximum Gasteiger partial charge on any atom is 0.398 e. The number of hydrogen-bond acceptors (Lipinski definition) is 2. The minimum atomic E-state index is -2.48. The van der Waals surface area contributed by atoms with Gasteiger partial charge in [-0.1, -0.05) is 36.5 Å². The molecule has 3 heteroatoms. The van der Waals surface area contributed by atoms with E-state index in [9.17, 15) is 0 Å². The van der Waals surface area contributed by atoms with Crippen LogP contribution in [0.4, 0.5) is 0 Å². The molecule has 2 aliphatic carbocycles. The van der Waals surface area contributed by atoms with Gasteiger partial charge in [0.05, 0.1) is 0 Å². The van der Waals surface area contributed by atoms with Gasteiger partial charge >= 0.3 is 8.56 Å². The maximum absolute atomic E-state index is 6.45. The highest BCUT2D eigenvalue weighted by Gasteiger charge is 2.44. The summed E-state index contributed by atoms with van der Waals surface area (Å²) >= 11 is 0. The largest absolute Gasteiger partial charge is 0.398 e. The molecule has 23 heavy (non-hydrogen) atoms. The van der Waals surface area contributed by atoms with Gasteiger partial charge in [-0.2, -0.15) is 0 Å². The van der Waals surface area contributed by atoms with Crippen molar-refractivity contribution in [1.82, 2.24) is 0 Å². The zero-order chi connectivity index (χ0) is 16.4. The van der Waals surface area contributed by atoms with Gasteiger partial charge in [-0.15, -0.1) is 0 Å². The Kier molecular flexibility index (Phi) is 8.07. The van der Waals surface area contributed by atoms with Gasteiger partial charge in [-0.05, 0) is 75.6 Å². The van der Waals surface area contributed by atoms with Crippen LogP contribution >= 0.6 is 0 Å². The van der Waals surface area contributed by atoms with Crippen LogP contribution in [-0.2, 0) is 8.85 Å². The molecule has 0 bridgehead atoms. The Morgan fingerprint density at radius 1 is 0.783 bits per heavy atom. The van der Waals surface area contributed by atoms with Gasteiger partial charge in [-0.25, -0.2) is 0 Å². The Morgan fingerprint density at radius 2 is 1.26 bits per heavy atom. The molecule has 2 aliphatic rings. The van der Waals surface area contributed by atoms with E-state index in [0.29, 0.717) is 13.2 Å². The van der Waals surface area contributed by atoms with Gasteiger partial charge < -0.3 is 8.85 Å². The van der Waals surface area contributed by atoms with E-state index < -0.39 is 8.56 Å². The first-order valence-corrected chi connectivity index (χ1v) is 11.2. The Bertz CT molecular complexity index is 430. The molecule has 0 saturated heterocycles. The molecule has 0 aliphatic heterocycles. The summed E-state index contributed by atoms with van der Waals surface area (Å²) in [5.41, 5.74) is 0. The predicted octanol–water partition coefficient (Wildman–Crippen LogP) is 5.69. The third-order valence-electron chi connectivity index (χ3n) is 4.54. The van der Waals surface area contributed by atoms with Crippen LogP contribution in [-0.4, -0.2) is 21.8 Å². The molecule has 0 amide bonds. The van der Waals surface area contributed by atoms with Crippen molar-refractivity contribution in [3.63, 3.8) is 0 Å². The quantitative estimate of drug-likeness (QED) is 0.581. The topological polar surface area (TPSA) is 18.5 Å². The number of allylic oxidation sites excluding steroid dienone is 8. The molecule has 0 atom stereocenters. The van der Waals surface area contributed by atoms with Crippen LogP contribution in [0.1, 0.15) is 65.2 Å². The molecule has 0 fully saturated rings. The summed E-state index contributed by atoms with van der Waals surface area (Å²) in [6, 6.07) is 0. The summed E-state index contributed by atoms with van der Waals surface area (Å²) in [5, 5.41) is 2.83. The zero-order valence-corrected chi connectivity index (χ0v) is 15.9. The second-order valence-corrected chi connectivity index (χ2v) is 9.31. The van der Waals surface area contributed by atoms with E-state index in [0.717, 1.165) is 12.8 Å². The SMILES string of the molecule is CCO[Si](OCC)(/C1=C/C=C\CCCC1)/C1=C/C=C\CCCC1. The van der Waals surface area contributed by atoms with Crippen molar-refractivity contribution in [1.29, 1.82) is 0 Å². The third kappa shape index (κ3) is 5.03. The molecule has 0 radical (unpaired) electrons. The van der Waals surface area contributed by atoms with E-state index >= 15 is 0 Å². The van der Waals surface area contributed by atoms with Crippen LogP contribution in [0.5, 0.6) is 0 Å². The van der Waals surface area contributed by atoms with E-state index in [2.05, 4.69) is 50.3 Å². The lowest BCUT2D eigenvalue weighted by Crippen LogP contribution is -2.48. The van der Waals surface area contributed by atoms with Crippen molar-refractivity contribution < 1.29 is 8.85 Å². The summed E-state index contributed by atoms with van der Waals surface area (Å²) in [7, 11) is -2.48. The van der Waals surface area contributed by atoms with Crippen molar-refractivity contribution in [3.8, 4) is 0 Å². The molecule has 0 aromatic heterocycles. The zero-order valence-electron chi connectivity index (χ0n) is 14.9. The second-order valence-electron chi connectivity index (χ2n) is 6.21. The lowest BCUT2D eigenvalue weighted by molar-refractivity contribution is 0.197. The van der Waals surface area contributed by atoms with E-state index in [1.165, 1.54) is 48.9 Å². The number of rotatable bonds is 6. The van der Waals surface area contributed by atoms with Crippen molar-refractivity contribution in [2.45, 2.75) is 65.2 Å². The Labute approximate surface area is 143 Å². The first-order chi connectivity index (χ1) is 11.3. The minimum Gasteiger partial charge on any atom is -0.388 e. The molecule has 2 rings (SSSR count). The fourth-order valence-electron chi connectivity index (χ4n) is 3.46. The fourth-order valence-corrected chi connectivity index (χ4v) is 7.15. The fraction of sp³-hybridized carbons (Fsp3) is 0.600. The smallest absolute Gasteiger partial charge is 0.388 e. The van der Waals surface area contributed by atoms with Crippen LogP contribution in [0.25, 0.3) is 0 Å². The van der Waals surface area contributed by atoms with Crippen molar-refractivity contribution in [3.05, 3.63) is 46.8 Å². The van der Waals surface area contributed by atoms with Gasteiger partial charge in [0, 0.05) is 13.2 Å². The van der Waals surface area contributed by atoms with Gasteiger partial charge in [0.1, 0.15) is 0 Å². The highest BCUT2D eigenvalue weighted by molar-refractivity contribution is 6.82. The predicted molar refractivity (Wildman–Crippen MR) is 100 cm³/mol. The molecule has 128 valence electrons. The lowest BCUT2D eigenvalue weighted by atomic mass is 10.1. The average molecular weight is 333 g/mol. The van der Waals surface area contributed by atoms with Crippen molar-refractivity contribution in [2.24, 2.45) is 0 Å². The molecular weight excluding hydrogens is 300 g/mol. The Hall–Kier alpha value is -0.903. The maximum atomic E-state index is 6.45. The summed E-state index contributed by atoms with van der Waals surface area (Å²) in [4.78, 5) is 0. The molecule has 0 aromatic carbocycles. The summed E-state index contributed by atoms with van der Waals surface area (Å²) in [6.45, 7) is 5.63. The third-order valence-corrected chi connectivity index (χ3v) is 8.46. The van der Waals surface area contributed by atoms with E-state index in [1.54, 1.807) is 0 Å². The highest BCUT2D eigenvalue weighted by Crippen LogP contribution is 2.34. The molecular formula is C20H32O2Si. The second kappa shape index (κ2) is 10.1.